The predicted molar refractivity (Wildman–Crippen MR) is 86.6 cm³/mol. The van der Waals surface area contributed by atoms with Crippen LogP contribution in [0.2, 0.25) is 0 Å². The third kappa shape index (κ3) is 3.80. The molecule has 128 valence electrons. The van der Waals surface area contributed by atoms with Gasteiger partial charge in [-0.05, 0) is 17.7 Å². The number of nitrogens with zero attached hydrogens (tertiary/aromatic N) is 3. The summed E-state index contributed by atoms with van der Waals surface area (Å²) < 4.78 is 20.8. The predicted octanol–water partition coefficient (Wildman–Crippen LogP) is 1.25. The minimum atomic E-state index is -0.537. The monoisotopic (exact) mass is 332 g/mol. The molecule has 0 spiro atoms. The Bertz CT molecular complexity index is 697. The second-order valence-corrected chi connectivity index (χ2v) is 5.78. The minimum Gasteiger partial charge on any atom is -0.379 e. The van der Waals surface area contributed by atoms with Crippen LogP contribution < -0.4 is 5.32 Å². The van der Waals surface area contributed by atoms with Crippen molar-refractivity contribution in [1.82, 2.24) is 19.8 Å². The standard InChI is InChI=1S/C17H21FN4O2/c1-21-6-5-19-15(21)12-20-17(23)16(22-7-9-24-10-8-22)13-3-2-4-14(18)11-13/h2-6,11,16H,7-10,12H2,1H3,(H,20,23)/t16-/m1/s1. The van der Waals surface area contributed by atoms with Crippen molar-refractivity contribution in [3.8, 4) is 0 Å². The smallest absolute Gasteiger partial charge is 0.242 e. The van der Waals surface area contributed by atoms with E-state index in [9.17, 15) is 9.18 Å². The Kier molecular flexibility index (Phi) is 5.22. The van der Waals surface area contributed by atoms with Gasteiger partial charge in [0.25, 0.3) is 0 Å². The molecule has 24 heavy (non-hydrogen) atoms. The largest absolute Gasteiger partial charge is 0.379 e. The summed E-state index contributed by atoms with van der Waals surface area (Å²) in [6.45, 7) is 2.74. The lowest BCUT2D eigenvalue weighted by molar-refractivity contribution is -0.128. The molecule has 1 aromatic carbocycles. The number of aromatic nitrogens is 2. The Hall–Kier alpha value is -2.25. The van der Waals surface area contributed by atoms with E-state index in [0.717, 1.165) is 5.82 Å². The highest BCUT2D eigenvalue weighted by molar-refractivity contribution is 5.83. The molecule has 1 aromatic heterocycles. The number of rotatable bonds is 5. The molecule has 1 aliphatic heterocycles. The van der Waals surface area contributed by atoms with Gasteiger partial charge < -0.3 is 14.6 Å². The van der Waals surface area contributed by atoms with Crippen molar-refractivity contribution in [1.29, 1.82) is 0 Å². The van der Waals surface area contributed by atoms with Gasteiger partial charge >= 0.3 is 0 Å². The van der Waals surface area contributed by atoms with Gasteiger partial charge in [-0.2, -0.15) is 0 Å². The molecule has 1 saturated heterocycles. The number of imidazole rings is 1. The lowest BCUT2D eigenvalue weighted by Gasteiger charge is -2.33. The summed E-state index contributed by atoms with van der Waals surface area (Å²) in [5.41, 5.74) is 0.647. The van der Waals surface area contributed by atoms with E-state index < -0.39 is 6.04 Å². The van der Waals surface area contributed by atoms with Crippen molar-refractivity contribution < 1.29 is 13.9 Å². The first-order chi connectivity index (χ1) is 11.6. The average molecular weight is 332 g/mol. The Morgan fingerprint density at radius 3 is 2.88 bits per heavy atom. The van der Waals surface area contributed by atoms with E-state index >= 15 is 0 Å². The first kappa shape index (κ1) is 16.6. The van der Waals surface area contributed by atoms with Crippen molar-refractivity contribution in [3.63, 3.8) is 0 Å². The van der Waals surface area contributed by atoms with Crippen molar-refractivity contribution in [3.05, 3.63) is 53.9 Å². The number of benzene rings is 1. The molecular formula is C17H21FN4O2. The Morgan fingerprint density at radius 2 is 2.21 bits per heavy atom. The number of hydrogen-bond donors (Lipinski definition) is 1. The van der Waals surface area contributed by atoms with Gasteiger partial charge in [0.1, 0.15) is 17.7 Å². The van der Waals surface area contributed by atoms with Gasteiger partial charge in [-0.1, -0.05) is 12.1 Å². The van der Waals surface area contributed by atoms with E-state index in [4.69, 9.17) is 4.74 Å². The summed E-state index contributed by atoms with van der Waals surface area (Å²) in [6, 6.07) is 5.67. The molecule has 2 aromatic rings. The van der Waals surface area contributed by atoms with Gasteiger partial charge in [0, 0.05) is 32.5 Å². The lowest BCUT2D eigenvalue weighted by atomic mass is 10.0. The number of carbonyl (C=O) groups excluding carboxylic acids is 1. The molecule has 1 N–H and O–H groups in total. The molecule has 1 amide bonds. The van der Waals surface area contributed by atoms with E-state index in [1.54, 1.807) is 18.3 Å². The minimum absolute atomic E-state index is 0.162. The number of amides is 1. The Morgan fingerprint density at radius 1 is 1.42 bits per heavy atom. The van der Waals surface area contributed by atoms with Gasteiger partial charge in [0.05, 0.1) is 19.8 Å². The van der Waals surface area contributed by atoms with Gasteiger partial charge in [-0.25, -0.2) is 9.37 Å². The number of ether oxygens (including phenoxy) is 1. The van der Waals surface area contributed by atoms with E-state index in [-0.39, 0.29) is 11.7 Å². The molecule has 1 aliphatic rings. The molecule has 0 aliphatic carbocycles. The topological polar surface area (TPSA) is 59.4 Å². The maximum absolute atomic E-state index is 13.6. The molecule has 0 saturated carbocycles. The maximum atomic E-state index is 13.6. The van der Waals surface area contributed by atoms with Crippen molar-refractivity contribution >= 4 is 5.91 Å². The quantitative estimate of drug-likeness (QED) is 0.895. The van der Waals surface area contributed by atoms with Crippen LogP contribution in [0, 0.1) is 5.82 Å². The molecule has 0 radical (unpaired) electrons. The fourth-order valence-corrected chi connectivity index (χ4v) is 2.87. The molecule has 0 bridgehead atoms. The highest BCUT2D eigenvalue weighted by Crippen LogP contribution is 2.23. The van der Waals surface area contributed by atoms with Crippen molar-refractivity contribution in [2.24, 2.45) is 7.05 Å². The van der Waals surface area contributed by atoms with Crippen LogP contribution in [-0.2, 0) is 23.1 Å². The zero-order chi connectivity index (χ0) is 16.9. The number of nitrogens with one attached hydrogen (secondary N) is 1. The third-order valence-corrected chi connectivity index (χ3v) is 4.17. The van der Waals surface area contributed by atoms with Crippen LogP contribution in [0.15, 0.2) is 36.7 Å². The molecule has 2 heterocycles. The number of aryl methyl sites for hydroxylation is 1. The molecule has 7 heteroatoms. The second-order valence-electron chi connectivity index (χ2n) is 5.78. The van der Waals surface area contributed by atoms with Gasteiger partial charge in [0.15, 0.2) is 0 Å². The normalized spacial score (nSPS) is 16.8. The average Bonchev–Trinajstić information content (AvgIpc) is 2.99. The zero-order valence-electron chi connectivity index (χ0n) is 13.6. The van der Waals surface area contributed by atoms with Crippen LogP contribution in [0.5, 0.6) is 0 Å². The molecule has 1 fully saturated rings. The van der Waals surface area contributed by atoms with Gasteiger partial charge in [-0.15, -0.1) is 0 Å². The molecule has 0 unspecified atom stereocenters. The van der Waals surface area contributed by atoms with Gasteiger partial charge in [-0.3, -0.25) is 9.69 Å². The molecule has 1 atom stereocenters. The number of morpholine rings is 1. The van der Waals surface area contributed by atoms with Crippen LogP contribution in [-0.4, -0.2) is 46.7 Å². The van der Waals surface area contributed by atoms with Crippen LogP contribution in [0.1, 0.15) is 17.4 Å². The molecule has 6 nitrogen and oxygen atoms in total. The summed E-state index contributed by atoms with van der Waals surface area (Å²) in [5, 5.41) is 2.91. The zero-order valence-corrected chi connectivity index (χ0v) is 13.6. The van der Waals surface area contributed by atoms with Crippen LogP contribution in [0.25, 0.3) is 0 Å². The first-order valence-electron chi connectivity index (χ1n) is 7.96. The van der Waals surface area contributed by atoms with E-state index in [1.807, 2.05) is 22.7 Å². The number of hydrogen-bond acceptors (Lipinski definition) is 4. The van der Waals surface area contributed by atoms with Crippen molar-refractivity contribution in [2.75, 3.05) is 26.3 Å². The summed E-state index contributed by atoms with van der Waals surface area (Å²) in [7, 11) is 1.88. The molecular weight excluding hydrogens is 311 g/mol. The maximum Gasteiger partial charge on any atom is 0.242 e. The number of carbonyl (C=O) groups is 1. The SMILES string of the molecule is Cn1ccnc1CNC(=O)[C@@H](c1cccc(F)c1)N1CCOCC1. The summed E-state index contributed by atoms with van der Waals surface area (Å²) >= 11 is 0. The first-order valence-corrected chi connectivity index (χ1v) is 7.96. The highest BCUT2D eigenvalue weighted by atomic mass is 19.1. The fourth-order valence-electron chi connectivity index (χ4n) is 2.87. The van der Waals surface area contributed by atoms with Crippen molar-refractivity contribution in [2.45, 2.75) is 12.6 Å². The number of halogens is 1. The second kappa shape index (κ2) is 7.55. The van der Waals surface area contributed by atoms with Crippen LogP contribution >= 0.6 is 0 Å². The third-order valence-electron chi connectivity index (χ3n) is 4.17. The summed E-state index contributed by atoms with van der Waals surface area (Å²) in [5.74, 6) is 0.261. The van der Waals surface area contributed by atoms with Crippen LogP contribution in [0.4, 0.5) is 4.39 Å². The summed E-state index contributed by atoms with van der Waals surface area (Å²) in [4.78, 5) is 19.0. The van der Waals surface area contributed by atoms with Crippen LogP contribution in [0.3, 0.4) is 0 Å². The summed E-state index contributed by atoms with van der Waals surface area (Å²) in [6.07, 6.45) is 3.51. The Balaban J connectivity index is 1.78. The molecule has 3 rings (SSSR count). The van der Waals surface area contributed by atoms with E-state index in [1.165, 1.54) is 12.1 Å². The highest BCUT2D eigenvalue weighted by Gasteiger charge is 2.29. The Labute approximate surface area is 140 Å². The van der Waals surface area contributed by atoms with Gasteiger partial charge in [0.2, 0.25) is 5.91 Å². The fraction of sp³-hybridized carbons (Fsp3) is 0.412. The lowest BCUT2D eigenvalue weighted by Crippen LogP contribution is -2.45. The van der Waals surface area contributed by atoms with E-state index in [2.05, 4.69) is 10.3 Å². The van der Waals surface area contributed by atoms with E-state index in [0.29, 0.717) is 38.4 Å².